The van der Waals surface area contributed by atoms with E-state index in [0.29, 0.717) is 33.8 Å². The Kier molecular flexibility index (Phi) is 2.25. The molecule has 0 aliphatic heterocycles. The van der Waals surface area contributed by atoms with Gasteiger partial charge in [0.15, 0.2) is 17.1 Å². The fourth-order valence-corrected chi connectivity index (χ4v) is 1.77. The predicted molar refractivity (Wildman–Crippen MR) is 69.3 cm³/mol. The molecule has 0 amide bonds. The summed E-state index contributed by atoms with van der Waals surface area (Å²) in [7, 11) is 0. The van der Waals surface area contributed by atoms with Crippen molar-refractivity contribution in [2.24, 2.45) is 0 Å². The normalized spacial score (nSPS) is 11.0. The highest BCUT2D eigenvalue weighted by Gasteiger charge is 2.08. The second kappa shape index (κ2) is 4.19. The van der Waals surface area contributed by atoms with Crippen molar-refractivity contribution in [2.45, 2.75) is 0 Å². The summed E-state index contributed by atoms with van der Waals surface area (Å²) in [6.45, 7) is 0. The lowest BCUT2D eigenvalue weighted by Crippen LogP contribution is -1.97. The molecule has 4 aromatic rings. The molecule has 0 unspecified atom stereocenters. The van der Waals surface area contributed by atoms with E-state index in [-0.39, 0.29) is 0 Å². The van der Waals surface area contributed by atoms with Crippen LogP contribution in [-0.2, 0) is 0 Å². The van der Waals surface area contributed by atoms with Crippen LogP contribution in [0.15, 0.2) is 37.3 Å². The maximum Gasteiger partial charge on any atom is 0.198 e. The number of fused-ring (bicyclic) bond motifs is 2. The largest absolute Gasteiger partial charge is 0.243 e. The lowest BCUT2D eigenvalue weighted by Gasteiger charge is -2.01. The van der Waals surface area contributed by atoms with Crippen molar-refractivity contribution in [3.63, 3.8) is 0 Å². The Bertz CT molecular complexity index is 846. The molecule has 0 fully saturated rings. The highest BCUT2D eigenvalue weighted by atomic mass is 15.0. The van der Waals surface area contributed by atoms with Crippen molar-refractivity contribution in [1.29, 1.82) is 0 Å². The fourth-order valence-electron chi connectivity index (χ4n) is 1.77. The van der Waals surface area contributed by atoms with Gasteiger partial charge in [0.05, 0.1) is 18.6 Å². The summed E-state index contributed by atoms with van der Waals surface area (Å²) in [6, 6.07) is 0. The summed E-state index contributed by atoms with van der Waals surface area (Å²) in [5.41, 5.74) is 2.80. The van der Waals surface area contributed by atoms with Crippen molar-refractivity contribution < 1.29 is 0 Å². The lowest BCUT2D eigenvalue weighted by atomic mass is 10.3. The third-order valence-electron chi connectivity index (χ3n) is 2.68. The molecule has 8 heteroatoms. The molecular formula is C12H6N8. The van der Waals surface area contributed by atoms with Crippen molar-refractivity contribution in [3.05, 3.63) is 37.3 Å². The first-order valence-electron chi connectivity index (χ1n) is 5.77. The van der Waals surface area contributed by atoms with E-state index in [9.17, 15) is 0 Å². The molecule has 0 aliphatic rings. The predicted octanol–water partition coefficient (Wildman–Crippen LogP) is 0.820. The average Bonchev–Trinajstić information content (AvgIpc) is 2.54. The second-order valence-corrected chi connectivity index (χ2v) is 3.95. The SMILES string of the molecule is c1ncc2nc(-c3cnc4nccnc4n3)ncc2n1. The summed E-state index contributed by atoms with van der Waals surface area (Å²) >= 11 is 0. The Balaban J connectivity index is 1.91. The van der Waals surface area contributed by atoms with Gasteiger partial charge in [0.1, 0.15) is 23.1 Å². The molecule has 0 saturated heterocycles. The zero-order valence-electron chi connectivity index (χ0n) is 10.0. The summed E-state index contributed by atoms with van der Waals surface area (Å²) in [5, 5.41) is 0. The molecule has 4 aromatic heterocycles. The standard InChI is InChI=1S/C12H6N8/c1-2-15-12-11(14-1)17-5-9(20-12)10-16-4-7-8(19-10)3-13-6-18-7/h1-6H. The number of nitrogens with zero attached hydrogens (tertiary/aromatic N) is 8. The maximum atomic E-state index is 4.37. The third-order valence-corrected chi connectivity index (χ3v) is 2.68. The maximum absolute atomic E-state index is 4.37. The van der Waals surface area contributed by atoms with Gasteiger partial charge in [0.25, 0.3) is 0 Å². The number of hydrogen-bond acceptors (Lipinski definition) is 8. The molecule has 0 aliphatic carbocycles. The molecule has 0 atom stereocenters. The number of rotatable bonds is 1. The van der Waals surface area contributed by atoms with E-state index in [1.807, 2.05) is 0 Å². The summed E-state index contributed by atoms with van der Waals surface area (Å²) in [5.74, 6) is 0.451. The topological polar surface area (TPSA) is 103 Å². The minimum absolute atomic E-state index is 0.451. The monoisotopic (exact) mass is 262 g/mol. The first-order chi connectivity index (χ1) is 9.90. The zero-order valence-corrected chi connectivity index (χ0v) is 10.0. The van der Waals surface area contributed by atoms with Gasteiger partial charge in [-0.05, 0) is 0 Å². The van der Waals surface area contributed by atoms with E-state index in [4.69, 9.17) is 0 Å². The highest BCUT2D eigenvalue weighted by Crippen LogP contribution is 2.15. The quantitative estimate of drug-likeness (QED) is 0.496. The van der Waals surface area contributed by atoms with E-state index in [2.05, 4.69) is 39.9 Å². The van der Waals surface area contributed by atoms with Crippen LogP contribution in [0.2, 0.25) is 0 Å². The molecule has 0 spiro atoms. The van der Waals surface area contributed by atoms with Gasteiger partial charge < -0.3 is 0 Å². The molecular weight excluding hydrogens is 256 g/mol. The fraction of sp³-hybridized carbons (Fsp3) is 0. The van der Waals surface area contributed by atoms with Gasteiger partial charge in [0, 0.05) is 12.4 Å². The molecule has 0 aromatic carbocycles. The zero-order chi connectivity index (χ0) is 13.4. The molecule has 0 radical (unpaired) electrons. The Hall–Kier alpha value is -3.16. The molecule has 94 valence electrons. The number of hydrogen-bond donors (Lipinski definition) is 0. The van der Waals surface area contributed by atoms with E-state index < -0.39 is 0 Å². The van der Waals surface area contributed by atoms with E-state index in [0.717, 1.165) is 0 Å². The van der Waals surface area contributed by atoms with Gasteiger partial charge in [-0.1, -0.05) is 0 Å². The molecule has 0 saturated carbocycles. The van der Waals surface area contributed by atoms with E-state index in [1.54, 1.807) is 31.0 Å². The van der Waals surface area contributed by atoms with Crippen LogP contribution in [0, 0.1) is 0 Å². The van der Waals surface area contributed by atoms with Gasteiger partial charge in [-0.2, -0.15) is 0 Å². The van der Waals surface area contributed by atoms with E-state index >= 15 is 0 Å². The van der Waals surface area contributed by atoms with Crippen LogP contribution in [0.25, 0.3) is 33.8 Å². The molecule has 4 rings (SSSR count). The van der Waals surface area contributed by atoms with Crippen molar-refractivity contribution >= 4 is 22.3 Å². The van der Waals surface area contributed by atoms with Crippen LogP contribution in [0.4, 0.5) is 0 Å². The number of aromatic nitrogens is 8. The molecule has 8 nitrogen and oxygen atoms in total. The van der Waals surface area contributed by atoms with Crippen molar-refractivity contribution in [3.8, 4) is 11.5 Å². The van der Waals surface area contributed by atoms with Crippen LogP contribution >= 0.6 is 0 Å². The second-order valence-electron chi connectivity index (χ2n) is 3.95. The van der Waals surface area contributed by atoms with Crippen LogP contribution < -0.4 is 0 Å². The summed E-state index contributed by atoms with van der Waals surface area (Å²) < 4.78 is 0. The molecule has 4 heterocycles. The van der Waals surface area contributed by atoms with Gasteiger partial charge in [-0.15, -0.1) is 0 Å². The lowest BCUT2D eigenvalue weighted by molar-refractivity contribution is 1.11. The molecule has 0 N–H and O–H groups in total. The van der Waals surface area contributed by atoms with Crippen LogP contribution in [-0.4, -0.2) is 39.9 Å². The first kappa shape index (κ1) is 10.7. The van der Waals surface area contributed by atoms with Gasteiger partial charge in [-0.3, -0.25) is 0 Å². The minimum atomic E-state index is 0.451. The minimum Gasteiger partial charge on any atom is -0.243 e. The Morgan fingerprint density at radius 3 is 2.50 bits per heavy atom. The first-order valence-corrected chi connectivity index (χ1v) is 5.77. The van der Waals surface area contributed by atoms with Gasteiger partial charge in [-0.25, -0.2) is 39.9 Å². The Morgan fingerprint density at radius 2 is 1.55 bits per heavy atom. The highest BCUT2D eigenvalue weighted by molar-refractivity contribution is 5.74. The smallest absolute Gasteiger partial charge is 0.198 e. The van der Waals surface area contributed by atoms with Crippen LogP contribution in [0.3, 0.4) is 0 Å². The third kappa shape index (κ3) is 1.70. The Labute approximate surface area is 112 Å². The molecule has 20 heavy (non-hydrogen) atoms. The van der Waals surface area contributed by atoms with Crippen molar-refractivity contribution in [1.82, 2.24) is 39.9 Å². The van der Waals surface area contributed by atoms with Gasteiger partial charge in [0.2, 0.25) is 0 Å². The average molecular weight is 262 g/mol. The Morgan fingerprint density at radius 1 is 0.650 bits per heavy atom. The molecule has 0 bridgehead atoms. The van der Waals surface area contributed by atoms with Gasteiger partial charge >= 0.3 is 0 Å². The summed E-state index contributed by atoms with van der Waals surface area (Å²) in [6.07, 6.45) is 9.42. The van der Waals surface area contributed by atoms with Crippen LogP contribution in [0.5, 0.6) is 0 Å². The van der Waals surface area contributed by atoms with E-state index in [1.165, 1.54) is 6.33 Å². The summed E-state index contributed by atoms with van der Waals surface area (Å²) in [4.78, 5) is 33.3. The van der Waals surface area contributed by atoms with Crippen molar-refractivity contribution in [2.75, 3.05) is 0 Å². The van der Waals surface area contributed by atoms with Crippen LogP contribution in [0.1, 0.15) is 0 Å².